The normalized spacial score (nSPS) is 15.9. The van der Waals surface area contributed by atoms with E-state index in [4.69, 9.17) is 0 Å². The summed E-state index contributed by atoms with van der Waals surface area (Å²) in [6.45, 7) is 4.73. The molecule has 1 aliphatic heterocycles. The van der Waals surface area contributed by atoms with Crippen LogP contribution in [0, 0.1) is 0 Å². The maximum atomic E-state index is 3.86. The standard InChI is InChI=1S/C21H28N2S/c1-7-12-23(4)19-11-9-17-13-16-8-10-18(22(2)3)14-20(16)24(5,6)21(17)15-19/h7-11,14-15H,1,12-13H2,2-6H3. The van der Waals surface area contributed by atoms with E-state index in [0.29, 0.717) is 0 Å². The lowest BCUT2D eigenvalue weighted by Crippen LogP contribution is -2.18. The lowest BCUT2D eigenvalue weighted by Gasteiger charge is -2.41. The molecule has 2 aromatic carbocycles. The molecular weight excluding hydrogens is 312 g/mol. The quantitative estimate of drug-likeness (QED) is 0.740. The van der Waals surface area contributed by atoms with Crippen LogP contribution in [0.15, 0.2) is 58.8 Å². The van der Waals surface area contributed by atoms with Crippen LogP contribution in [0.25, 0.3) is 0 Å². The monoisotopic (exact) mass is 340 g/mol. The molecule has 0 aromatic heterocycles. The number of likely N-dealkylation sites (N-methyl/N-ethyl adjacent to an activating group) is 1. The molecule has 0 spiro atoms. The molecule has 0 amide bonds. The summed E-state index contributed by atoms with van der Waals surface area (Å²) in [5, 5.41) is 0. The highest BCUT2D eigenvalue weighted by atomic mass is 32.3. The molecule has 1 aliphatic rings. The van der Waals surface area contributed by atoms with Gasteiger partial charge in [0.15, 0.2) is 0 Å². The van der Waals surface area contributed by atoms with Gasteiger partial charge in [0, 0.05) is 39.1 Å². The molecule has 0 atom stereocenters. The minimum atomic E-state index is -1.01. The Labute approximate surface area is 148 Å². The second-order valence-corrected chi connectivity index (χ2v) is 10.7. The van der Waals surface area contributed by atoms with Crippen LogP contribution in [0.1, 0.15) is 11.1 Å². The van der Waals surface area contributed by atoms with Crippen molar-refractivity contribution in [3.63, 3.8) is 0 Å². The summed E-state index contributed by atoms with van der Waals surface area (Å²) in [4.78, 5) is 7.51. The minimum absolute atomic E-state index is 0.871. The Morgan fingerprint density at radius 1 is 0.958 bits per heavy atom. The summed E-state index contributed by atoms with van der Waals surface area (Å²) in [5.41, 5.74) is 5.54. The SMILES string of the molecule is C=CCN(C)c1ccc2c(c1)S(C)(C)c1cc(N(C)C)ccc1C2. The topological polar surface area (TPSA) is 6.48 Å². The third-order valence-electron chi connectivity index (χ3n) is 4.94. The van der Waals surface area contributed by atoms with Crippen molar-refractivity contribution in [1.82, 2.24) is 0 Å². The molecule has 0 fully saturated rings. The first kappa shape index (κ1) is 17.0. The number of nitrogens with zero attached hydrogens (tertiary/aromatic N) is 2. The van der Waals surface area contributed by atoms with Gasteiger partial charge < -0.3 is 9.80 Å². The smallest absolute Gasteiger partial charge is 0.0377 e. The molecule has 0 radical (unpaired) electrons. The maximum absolute atomic E-state index is 3.86. The number of benzene rings is 2. The largest absolute Gasteiger partial charge is 0.378 e. The van der Waals surface area contributed by atoms with E-state index >= 15 is 0 Å². The zero-order chi connectivity index (χ0) is 17.5. The van der Waals surface area contributed by atoms with Crippen molar-refractivity contribution in [3.8, 4) is 0 Å². The predicted octanol–water partition coefficient (Wildman–Crippen LogP) is 4.76. The van der Waals surface area contributed by atoms with Crippen molar-refractivity contribution in [2.75, 3.05) is 50.0 Å². The molecule has 0 N–H and O–H groups in total. The Kier molecular flexibility index (Phi) is 4.39. The number of anilines is 2. The molecule has 0 unspecified atom stereocenters. The highest BCUT2D eigenvalue weighted by molar-refractivity contribution is 8.32. The fourth-order valence-electron chi connectivity index (χ4n) is 3.47. The summed E-state index contributed by atoms with van der Waals surface area (Å²) in [7, 11) is 5.35. The highest BCUT2D eigenvalue weighted by Crippen LogP contribution is 2.62. The van der Waals surface area contributed by atoms with E-state index in [-0.39, 0.29) is 0 Å². The van der Waals surface area contributed by atoms with Crippen molar-refractivity contribution in [3.05, 3.63) is 60.2 Å². The molecule has 1 heterocycles. The molecule has 3 rings (SSSR count). The first-order valence-corrected chi connectivity index (χ1v) is 10.8. The van der Waals surface area contributed by atoms with E-state index in [1.807, 2.05) is 6.08 Å². The number of hydrogen-bond donors (Lipinski definition) is 0. The van der Waals surface area contributed by atoms with Gasteiger partial charge in [0.2, 0.25) is 0 Å². The van der Waals surface area contributed by atoms with Crippen LogP contribution in [0.4, 0.5) is 11.4 Å². The van der Waals surface area contributed by atoms with Gasteiger partial charge in [0.05, 0.1) is 0 Å². The highest BCUT2D eigenvalue weighted by Gasteiger charge is 2.29. The van der Waals surface area contributed by atoms with Gasteiger partial charge in [0.1, 0.15) is 0 Å². The third-order valence-corrected chi connectivity index (χ3v) is 7.90. The van der Waals surface area contributed by atoms with Crippen LogP contribution in [0.3, 0.4) is 0 Å². The Hall–Kier alpha value is -1.87. The van der Waals surface area contributed by atoms with E-state index in [2.05, 4.69) is 86.4 Å². The number of hydrogen-bond acceptors (Lipinski definition) is 2. The summed E-state index contributed by atoms with van der Waals surface area (Å²) in [5.74, 6) is 0. The van der Waals surface area contributed by atoms with Crippen molar-refractivity contribution in [2.24, 2.45) is 0 Å². The van der Waals surface area contributed by atoms with E-state index in [1.165, 1.54) is 32.3 Å². The average molecular weight is 341 g/mol. The van der Waals surface area contributed by atoms with Crippen LogP contribution >= 0.6 is 10.0 Å². The predicted molar refractivity (Wildman–Crippen MR) is 109 cm³/mol. The molecule has 0 saturated carbocycles. The Balaban J connectivity index is 2.09. The van der Waals surface area contributed by atoms with Gasteiger partial charge in [-0.1, -0.05) is 18.2 Å². The summed E-state index contributed by atoms with van der Waals surface area (Å²) < 4.78 is 0. The summed E-state index contributed by atoms with van der Waals surface area (Å²) in [6, 6.07) is 13.9. The lowest BCUT2D eigenvalue weighted by molar-refractivity contribution is 0.996. The zero-order valence-electron chi connectivity index (χ0n) is 15.5. The van der Waals surface area contributed by atoms with Gasteiger partial charge in [-0.25, -0.2) is 0 Å². The van der Waals surface area contributed by atoms with E-state index in [1.54, 1.807) is 0 Å². The minimum Gasteiger partial charge on any atom is -0.378 e. The van der Waals surface area contributed by atoms with E-state index in [0.717, 1.165) is 13.0 Å². The van der Waals surface area contributed by atoms with Gasteiger partial charge in [-0.2, -0.15) is 10.0 Å². The fraction of sp³-hybridized carbons (Fsp3) is 0.333. The van der Waals surface area contributed by atoms with Gasteiger partial charge in [-0.3, -0.25) is 0 Å². The molecule has 128 valence electrons. The van der Waals surface area contributed by atoms with Crippen LogP contribution in [0.2, 0.25) is 0 Å². The van der Waals surface area contributed by atoms with Crippen molar-refractivity contribution >= 4 is 21.4 Å². The van der Waals surface area contributed by atoms with Gasteiger partial charge in [-0.15, -0.1) is 6.58 Å². The Morgan fingerprint density at radius 2 is 1.50 bits per heavy atom. The maximum Gasteiger partial charge on any atom is 0.0377 e. The molecule has 3 heteroatoms. The molecular formula is C21H28N2S. The number of fused-ring (bicyclic) bond motifs is 2. The third kappa shape index (κ3) is 2.82. The molecule has 0 saturated heterocycles. The summed E-state index contributed by atoms with van der Waals surface area (Å²) >= 11 is 0. The number of rotatable bonds is 4. The first-order chi connectivity index (χ1) is 11.3. The van der Waals surface area contributed by atoms with Crippen molar-refractivity contribution in [2.45, 2.75) is 16.2 Å². The van der Waals surface area contributed by atoms with Gasteiger partial charge in [-0.05, 0) is 64.1 Å². The van der Waals surface area contributed by atoms with Crippen LogP contribution in [-0.2, 0) is 6.42 Å². The Morgan fingerprint density at radius 3 is 2.04 bits per heavy atom. The van der Waals surface area contributed by atoms with Crippen molar-refractivity contribution < 1.29 is 0 Å². The first-order valence-electron chi connectivity index (χ1n) is 8.33. The molecule has 0 bridgehead atoms. The second-order valence-electron chi connectivity index (χ2n) is 7.15. The van der Waals surface area contributed by atoms with Gasteiger partial charge in [0.25, 0.3) is 0 Å². The van der Waals surface area contributed by atoms with E-state index < -0.39 is 10.0 Å². The molecule has 0 aliphatic carbocycles. The average Bonchev–Trinajstić information content (AvgIpc) is 2.54. The van der Waals surface area contributed by atoms with Gasteiger partial charge >= 0.3 is 0 Å². The Bertz CT molecular complexity index is 777. The fourth-order valence-corrected chi connectivity index (χ4v) is 6.13. The molecule has 2 nitrogen and oxygen atoms in total. The van der Waals surface area contributed by atoms with E-state index in [9.17, 15) is 0 Å². The van der Waals surface area contributed by atoms with Crippen LogP contribution < -0.4 is 9.80 Å². The molecule has 24 heavy (non-hydrogen) atoms. The van der Waals surface area contributed by atoms with Crippen molar-refractivity contribution in [1.29, 1.82) is 0 Å². The molecule has 2 aromatic rings. The van der Waals surface area contributed by atoms with Crippen LogP contribution in [0.5, 0.6) is 0 Å². The summed E-state index contributed by atoms with van der Waals surface area (Å²) in [6.07, 6.45) is 7.86. The second kappa shape index (κ2) is 6.21. The zero-order valence-corrected chi connectivity index (χ0v) is 16.3. The lowest BCUT2D eigenvalue weighted by atomic mass is 10.0. The van der Waals surface area contributed by atoms with Crippen LogP contribution in [-0.4, -0.2) is 40.2 Å².